The van der Waals surface area contributed by atoms with Crippen LogP contribution in [0.5, 0.6) is 0 Å². The predicted octanol–water partition coefficient (Wildman–Crippen LogP) is 1.47. The van der Waals surface area contributed by atoms with E-state index in [1.54, 1.807) is 0 Å². The number of hydrogen-bond donors (Lipinski definition) is 1. The molecular weight excluding hydrogens is 154 g/mol. The van der Waals surface area contributed by atoms with Crippen molar-refractivity contribution in [1.82, 2.24) is 5.32 Å². The molecule has 1 aromatic rings. The number of ether oxygens (including phenoxy) is 1. The molecule has 62 valence electrons. The highest BCUT2D eigenvalue weighted by molar-refractivity contribution is 5.69. The third-order valence-electron chi connectivity index (χ3n) is 1.85. The lowest BCUT2D eigenvalue weighted by atomic mass is 10.1. The number of alkyl carbamates (subject to hydrolysis) is 1. The highest BCUT2D eigenvalue weighted by Gasteiger charge is 2.23. The number of benzene rings is 1. The van der Waals surface area contributed by atoms with Crippen LogP contribution in [0, 0.1) is 0 Å². The summed E-state index contributed by atoms with van der Waals surface area (Å²) in [7, 11) is 0. The molecule has 3 nitrogen and oxygen atoms in total. The molecule has 1 aromatic carbocycles. The lowest BCUT2D eigenvalue weighted by Crippen LogP contribution is -2.12. The van der Waals surface area contributed by atoms with Crippen molar-refractivity contribution < 1.29 is 9.53 Å². The second-order valence-corrected chi connectivity index (χ2v) is 2.69. The molecule has 0 bridgehead atoms. The molecule has 1 N–H and O–H groups in total. The van der Waals surface area contributed by atoms with E-state index in [0.29, 0.717) is 6.54 Å². The summed E-state index contributed by atoms with van der Waals surface area (Å²) in [6.45, 7) is 0.572. The first-order valence-corrected chi connectivity index (χ1v) is 3.86. The molecule has 1 heterocycles. The Morgan fingerprint density at radius 2 is 2.08 bits per heavy atom. The van der Waals surface area contributed by atoms with E-state index in [1.807, 2.05) is 30.3 Å². The van der Waals surface area contributed by atoms with Gasteiger partial charge in [-0.25, -0.2) is 4.79 Å². The van der Waals surface area contributed by atoms with Crippen LogP contribution in [0.3, 0.4) is 0 Å². The molecule has 0 aliphatic carbocycles. The van der Waals surface area contributed by atoms with E-state index in [1.165, 1.54) is 0 Å². The number of nitrogens with one attached hydrogen (secondary N) is 1. The van der Waals surface area contributed by atoms with Crippen LogP contribution < -0.4 is 5.32 Å². The molecule has 1 fully saturated rings. The maximum absolute atomic E-state index is 10.7. The fourth-order valence-corrected chi connectivity index (χ4v) is 1.24. The van der Waals surface area contributed by atoms with Crippen LogP contribution in [0.1, 0.15) is 11.7 Å². The average Bonchev–Trinajstić information content (AvgIpc) is 2.54. The smallest absolute Gasteiger partial charge is 0.407 e. The van der Waals surface area contributed by atoms with E-state index in [0.717, 1.165) is 5.56 Å². The molecule has 0 radical (unpaired) electrons. The van der Waals surface area contributed by atoms with Crippen LogP contribution in [0.15, 0.2) is 30.3 Å². The summed E-state index contributed by atoms with van der Waals surface area (Å²) in [5.74, 6) is 0. The molecule has 1 amide bonds. The number of carbonyl (C=O) groups excluding carboxylic acids is 1. The van der Waals surface area contributed by atoms with Crippen LogP contribution in [0.25, 0.3) is 0 Å². The first kappa shape index (κ1) is 7.16. The van der Waals surface area contributed by atoms with Gasteiger partial charge >= 0.3 is 6.09 Å². The van der Waals surface area contributed by atoms with Crippen LogP contribution in [0.2, 0.25) is 0 Å². The Bertz CT molecular complexity index is 284. The minimum atomic E-state index is -0.330. The fraction of sp³-hybridized carbons (Fsp3) is 0.222. The fourth-order valence-electron chi connectivity index (χ4n) is 1.24. The van der Waals surface area contributed by atoms with E-state index in [2.05, 4.69) is 5.32 Å². The monoisotopic (exact) mass is 163 g/mol. The molecule has 1 saturated heterocycles. The molecule has 0 spiro atoms. The van der Waals surface area contributed by atoms with Crippen molar-refractivity contribution >= 4 is 6.09 Å². The van der Waals surface area contributed by atoms with Crippen molar-refractivity contribution in [2.24, 2.45) is 0 Å². The third-order valence-corrected chi connectivity index (χ3v) is 1.85. The average molecular weight is 163 g/mol. The molecule has 1 aliphatic heterocycles. The third kappa shape index (κ3) is 1.25. The van der Waals surface area contributed by atoms with E-state index >= 15 is 0 Å². The predicted molar refractivity (Wildman–Crippen MR) is 43.7 cm³/mol. The topological polar surface area (TPSA) is 38.3 Å². The van der Waals surface area contributed by atoms with E-state index < -0.39 is 0 Å². The summed E-state index contributed by atoms with van der Waals surface area (Å²) < 4.78 is 5.00. The number of amides is 1. The van der Waals surface area contributed by atoms with Gasteiger partial charge in [0.1, 0.15) is 6.10 Å². The van der Waals surface area contributed by atoms with Gasteiger partial charge in [0, 0.05) is 0 Å². The summed E-state index contributed by atoms with van der Waals surface area (Å²) in [6, 6.07) is 9.70. The standard InChI is InChI=1S/C9H9NO2/c11-9-10-6-8(12-9)7-4-2-1-3-5-7/h1-5,8H,6H2,(H,10,11)/t8-/m0/s1. The molecular formula is C9H9NO2. The van der Waals surface area contributed by atoms with Crippen molar-refractivity contribution in [2.45, 2.75) is 6.10 Å². The molecule has 1 atom stereocenters. The second kappa shape index (κ2) is 2.85. The Hall–Kier alpha value is -1.51. The van der Waals surface area contributed by atoms with Crippen LogP contribution in [0.4, 0.5) is 4.79 Å². The number of rotatable bonds is 1. The molecule has 0 saturated carbocycles. The Balaban J connectivity index is 2.16. The van der Waals surface area contributed by atoms with Gasteiger partial charge < -0.3 is 10.1 Å². The van der Waals surface area contributed by atoms with Gasteiger partial charge in [-0.1, -0.05) is 30.3 Å². The van der Waals surface area contributed by atoms with Crippen LogP contribution in [-0.2, 0) is 4.74 Å². The summed E-state index contributed by atoms with van der Waals surface area (Å²) >= 11 is 0. The molecule has 1 aliphatic rings. The lowest BCUT2D eigenvalue weighted by Gasteiger charge is -2.06. The van der Waals surface area contributed by atoms with Gasteiger partial charge in [0.2, 0.25) is 0 Å². The van der Waals surface area contributed by atoms with Crippen molar-refractivity contribution in [2.75, 3.05) is 6.54 Å². The molecule has 3 heteroatoms. The first-order valence-electron chi connectivity index (χ1n) is 3.86. The van der Waals surface area contributed by atoms with E-state index in [-0.39, 0.29) is 12.2 Å². The minimum Gasteiger partial charge on any atom is -0.439 e. The summed E-state index contributed by atoms with van der Waals surface area (Å²) in [5, 5.41) is 2.61. The Kier molecular flexibility index (Phi) is 1.70. The molecule has 2 rings (SSSR count). The summed E-state index contributed by atoms with van der Waals surface area (Å²) in [5.41, 5.74) is 1.04. The molecule has 0 unspecified atom stereocenters. The van der Waals surface area contributed by atoms with Crippen molar-refractivity contribution in [3.05, 3.63) is 35.9 Å². The largest absolute Gasteiger partial charge is 0.439 e. The minimum absolute atomic E-state index is 0.112. The highest BCUT2D eigenvalue weighted by Crippen LogP contribution is 2.19. The van der Waals surface area contributed by atoms with E-state index in [9.17, 15) is 4.79 Å². The van der Waals surface area contributed by atoms with Gasteiger partial charge in [-0.05, 0) is 5.56 Å². The maximum Gasteiger partial charge on any atom is 0.407 e. The zero-order chi connectivity index (χ0) is 8.39. The van der Waals surface area contributed by atoms with E-state index in [4.69, 9.17) is 4.74 Å². The zero-order valence-electron chi connectivity index (χ0n) is 6.49. The van der Waals surface area contributed by atoms with Crippen LogP contribution >= 0.6 is 0 Å². The highest BCUT2D eigenvalue weighted by atomic mass is 16.6. The van der Waals surface area contributed by atoms with Gasteiger partial charge in [-0.3, -0.25) is 0 Å². The first-order chi connectivity index (χ1) is 5.86. The lowest BCUT2D eigenvalue weighted by molar-refractivity contribution is 0.141. The Morgan fingerprint density at radius 1 is 1.33 bits per heavy atom. The SMILES string of the molecule is O=C1NC[C@@H](c2ccccc2)O1. The molecule has 0 aromatic heterocycles. The van der Waals surface area contributed by atoms with Gasteiger partial charge in [0.05, 0.1) is 6.54 Å². The number of cyclic esters (lactones) is 1. The normalized spacial score (nSPS) is 21.7. The number of hydrogen-bond acceptors (Lipinski definition) is 2. The molecule has 12 heavy (non-hydrogen) atoms. The maximum atomic E-state index is 10.7. The van der Waals surface area contributed by atoms with Crippen molar-refractivity contribution in [3.63, 3.8) is 0 Å². The van der Waals surface area contributed by atoms with Gasteiger partial charge in [0.25, 0.3) is 0 Å². The summed E-state index contributed by atoms with van der Waals surface area (Å²) in [4.78, 5) is 10.7. The van der Waals surface area contributed by atoms with Gasteiger partial charge in [-0.2, -0.15) is 0 Å². The van der Waals surface area contributed by atoms with Crippen LogP contribution in [-0.4, -0.2) is 12.6 Å². The number of carbonyl (C=O) groups is 1. The summed E-state index contributed by atoms with van der Waals surface area (Å²) in [6.07, 6.45) is -0.442. The Morgan fingerprint density at radius 3 is 2.67 bits per heavy atom. The quantitative estimate of drug-likeness (QED) is 0.680. The van der Waals surface area contributed by atoms with Crippen molar-refractivity contribution in [1.29, 1.82) is 0 Å². The van der Waals surface area contributed by atoms with Gasteiger partial charge in [-0.15, -0.1) is 0 Å². The second-order valence-electron chi connectivity index (χ2n) is 2.69. The van der Waals surface area contributed by atoms with Gasteiger partial charge in [0.15, 0.2) is 0 Å². The van der Waals surface area contributed by atoms with Crippen molar-refractivity contribution in [3.8, 4) is 0 Å². The Labute approximate surface area is 70.3 Å². The zero-order valence-corrected chi connectivity index (χ0v) is 6.49.